The number of carbonyl (C=O) groups is 3. The number of aromatic nitrogens is 3. The van der Waals surface area contributed by atoms with Gasteiger partial charge in [-0.05, 0) is 90.3 Å². The predicted octanol–water partition coefficient (Wildman–Crippen LogP) is 7.76. The lowest BCUT2D eigenvalue weighted by atomic mass is 9.71. The van der Waals surface area contributed by atoms with Gasteiger partial charge in [0.1, 0.15) is 28.8 Å². The lowest BCUT2D eigenvalue weighted by Gasteiger charge is -2.35. The second-order valence-electron chi connectivity index (χ2n) is 14.5. The number of imidazole rings is 1. The van der Waals surface area contributed by atoms with Gasteiger partial charge < -0.3 is 14.6 Å². The number of pyridine rings is 1. The maximum Gasteiger partial charge on any atom is 0.419 e. The molecule has 1 saturated carbocycles. The van der Waals surface area contributed by atoms with Crippen LogP contribution in [-0.4, -0.2) is 60.4 Å². The third kappa shape index (κ3) is 7.43. The van der Waals surface area contributed by atoms with Crippen molar-refractivity contribution in [3.8, 4) is 5.82 Å². The van der Waals surface area contributed by atoms with Crippen molar-refractivity contribution in [1.29, 1.82) is 0 Å². The van der Waals surface area contributed by atoms with Crippen molar-refractivity contribution in [2.45, 2.75) is 104 Å². The summed E-state index contributed by atoms with van der Waals surface area (Å²) in [5.41, 5.74) is -2.25. The van der Waals surface area contributed by atoms with Gasteiger partial charge in [-0.2, -0.15) is 0 Å². The molecule has 0 saturated heterocycles. The van der Waals surface area contributed by atoms with Gasteiger partial charge in [-0.15, -0.1) is 0 Å². The van der Waals surface area contributed by atoms with Crippen LogP contribution in [0.15, 0.2) is 67.3 Å². The van der Waals surface area contributed by atoms with Gasteiger partial charge in [-0.3, -0.25) is 9.36 Å². The summed E-state index contributed by atoms with van der Waals surface area (Å²) < 4.78 is 13.0. The Labute approximate surface area is 272 Å². The number of amides is 2. The zero-order chi connectivity index (χ0) is 33.9. The number of aliphatic carboxylic acids is 1. The van der Waals surface area contributed by atoms with Crippen LogP contribution in [0.5, 0.6) is 0 Å². The van der Waals surface area contributed by atoms with Gasteiger partial charge >= 0.3 is 18.2 Å². The van der Waals surface area contributed by atoms with E-state index in [1.54, 1.807) is 64.8 Å². The topological polar surface area (TPSA) is 124 Å². The molecule has 1 aromatic carbocycles. The Morgan fingerprint density at radius 2 is 1.57 bits per heavy atom. The highest BCUT2D eigenvalue weighted by Crippen LogP contribution is 2.73. The molecule has 10 nitrogen and oxygen atoms in total. The number of carboxylic acids is 1. The summed E-state index contributed by atoms with van der Waals surface area (Å²) in [5.74, 6) is -0.734. The average molecular weight is 633 g/mol. The number of carboxylic acid groups (broad SMARTS) is 1. The van der Waals surface area contributed by atoms with Crippen molar-refractivity contribution < 1.29 is 29.0 Å². The first-order valence-corrected chi connectivity index (χ1v) is 16.0. The van der Waals surface area contributed by atoms with E-state index in [2.05, 4.69) is 16.9 Å². The smallest absolute Gasteiger partial charge is 0.419 e. The van der Waals surface area contributed by atoms with Crippen LogP contribution in [0, 0.1) is 11.3 Å². The molecule has 46 heavy (non-hydrogen) atoms. The molecule has 1 aliphatic rings. The lowest BCUT2D eigenvalue weighted by Crippen LogP contribution is -2.46. The normalized spacial score (nSPS) is 20.8. The molecule has 1 unspecified atom stereocenters. The van der Waals surface area contributed by atoms with E-state index >= 15 is 0 Å². The zero-order valence-electron chi connectivity index (χ0n) is 28.3. The largest absolute Gasteiger partial charge is 0.481 e. The van der Waals surface area contributed by atoms with Crippen LogP contribution in [0.2, 0.25) is 0 Å². The van der Waals surface area contributed by atoms with Crippen LogP contribution in [-0.2, 0) is 19.7 Å². The number of benzene rings is 1. The molecule has 2 aromatic heterocycles. The third-order valence-electron chi connectivity index (χ3n) is 8.75. The van der Waals surface area contributed by atoms with Crippen LogP contribution in [0.1, 0.15) is 98.2 Å². The number of hydrogen-bond acceptors (Lipinski definition) is 7. The van der Waals surface area contributed by atoms with E-state index in [-0.39, 0.29) is 18.4 Å². The van der Waals surface area contributed by atoms with Crippen molar-refractivity contribution in [2.75, 3.05) is 6.54 Å². The number of nitrogens with zero attached hydrogens (tertiary/aromatic N) is 4. The molecule has 4 atom stereocenters. The number of rotatable bonds is 11. The zero-order valence-corrected chi connectivity index (χ0v) is 28.3. The monoisotopic (exact) mass is 632 g/mol. The summed E-state index contributed by atoms with van der Waals surface area (Å²) >= 11 is 0. The summed E-state index contributed by atoms with van der Waals surface area (Å²) in [7, 11) is 0. The Balaban J connectivity index is 1.77. The highest BCUT2D eigenvalue weighted by atomic mass is 16.6. The first-order valence-electron chi connectivity index (χ1n) is 16.0. The lowest BCUT2D eigenvalue weighted by molar-refractivity contribution is -0.141. The van der Waals surface area contributed by atoms with E-state index in [1.165, 1.54) is 0 Å². The fourth-order valence-corrected chi connectivity index (χ4v) is 6.65. The van der Waals surface area contributed by atoms with Crippen molar-refractivity contribution in [1.82, 2.24) is 19.4 Å². The van der Waals surface area contributed by atoms with Gasteiger partial charge in [0, 0.05) is 24.4 Å². The first-order chi connectivity index (χ1) is 21.5. The summed E-state index contributed by atoms with van der Waals surface area (Å²) in [5, 5.41) is 11.0. The van der Waals surface area contributed by atoms with Crippen LogP contribution < -0.4 is 0 Å². The van der Waals surface area contributed by atoms with Crippen LogP contribution in [0.25, 0.3) is 5.82 Å². The van der Waals surface area contributed by atoms with Gasteiger partial charge in [-0.25, -0.2) is 24.5 Å². The summed E-state index contributed by atoms with van der Waals surface area (Å²) in [6.07, 6.45) is 5.68. The van der Waals surface area contributed by atoms with Crippen molar-refractivity contribution >= 4 is 18.2 Å². The molecule has 10 heteroatoms. The predicted molar refractivity (Wildman–Crippen MR) is 175 cm³/mol. The van der Waals surface area contributed by atoms with E-state index in [4.69, 9.17) is 9.47 Å². The molecule has 1 aliphatic carbocycles. The molecule has 0 radical (unpaired) electrons. The van der Waals surface area contributed by atoms with Gasteiger partial charge in [0.15, 0.2) is 0 Å². The first kappa shape index (κ1) is 34.7. The van der Waals surface area contributed by atoms with Gasteiger partial charge in [0.2, 0.25) is 0 Å². The molecule has 4 rings (SSSR count). The molecular formula is C36H48N4O6. The van der Waals surface area contributed by atoms with Gasteiger partial charge in [0.25, 0.3) is 0 Å². The molecular weight excluding hydrogens is 584 g/mol. The van der Waals surface area contributed by atoms with E-state index in [1.807, 2.05) is 55.5 Å². The minimum atomic E-state index is -1.29. The van der Waals surface area contributed by atoms with Crippen LogP contribution in [0.3, 0.4) is 0 Å². The summed E-state index contributed by atoms with van der Waals surface area (Å²) in [4.78, 5) is 50.4. The van der Waals surface area contributed by atoms with E-state index in [9.17, 15) is 19.5 Å². The van der Waals surface area contributed by atoms with Gasteiger partial charge in [0.05, 0.1) is 5.69 Å². The second kappa shape index (κ2) is 13.3. The highest BCUT2D eigenvalue weighted by Gasteiger charge is 2.76. The fourth-order valence-electron chi connectivity index (χ4n) is 6.65. The van der Waals surface area contributed by atoms with Crippen molar-refractivity contribution in [3.05, 3.63) is 78.5 Å². The van der Waals surface area contributed by atoms with Crippen molar-refractivity contribution in [3.63, 3.8) is 0 Å². The third-order valence-corrected chi connectivity index (χ3v) is 8.75. The Morgan fingerprint density at radius 1 is 0.957 bits per heavy atom. The number of carbonyl (C=O) groups excluding carboxylic acids is 2. The fraction of sp³-hybridized carbons (Fsp3) is 0.528. The van der Waals surface area contributed by atoms with Gasteiger partial charge in [-0.1, -0.05) is 56.7 Å². The SMILES string of the molecule is CCC[C@@H](CN(C(=O)OC(C)(C)C)C(=O)OC(C)(C)C)C[C@]1(C(C)c2ccccc2)C[C@@]1(C(=O)O)c1cn(-c2ccccn2)cn1. The molecule has 0 bridgehead atoms. The minimum Gasteiger partial charge on any atom is -0.481 e. The maximum atomic E-state index is 13.4. The summed E-state index contributed by atoms with van der Waals surface area (Å²) in [6.45, 7) is 14.6. The maximum absolute atomic E-state index is 13.4. The van der Waals surface area contributed by atoms with Crippen LogP contribution in [0.4, 0.5) is 9.59 Å². The highest BCUT2D eigenvalue weighted by molar-refractivity contribution is 5.88. The molecule has 3 aromatic rings. The molecule has 1 fully saturated rings. The molecule has 2 heterocycles. The minimum absolute atomic E-state index is 0.0268. The average Bonchev–Trinajstić information content (AvgIpc) is 3.40. The molecule has 2 amide bonds. The van der Waals surface area contributed by atoms with E-state index in [0.717, 1.165) is 16.9 Å². The Kier molecular flexibility index (Phi) is 9.99. The Hall–Kier alpha value is -4.21. The second-order valence-corrected chi connectivity index (χ2v) is 14.5. The van der Waals surface area contributed by atoms with E-state index < -0.39 is 40.2 Å². The Bertz CT molecular complexity index is 1480. The van der Waals surface area contributed by atoms with Crippen molar-refractivity contribution in [2.24, 2.45) is 11.3 Å². The quantitative estimate of drug-likeness (QED) is 0.227. The Morgan fingerprint density at radius 3 is 2.09 bits per heavy atom. The number of imide groups is 1. The molecule has 0 spiro atoms. The molecule has 248 valence electrons. The number of ether oxygens (including phenoxy) is 2. The molecule has 0 aliphatic heterocycles. The van der Waals surface area contributed by atoms with Crippen LogP contribution >= 0.6 is 0 Å². The molecule has 1 N–H and O–H groups in total. The number of hydrogen-bond donors (Lipinski definition) is 1. The van der Waals surface area contributed by atoms with E-state index in [0.29, 0.717) is 30.8 Å². The summed E-state index contributed by atoms with van der Waals surface area (Å²) in [6, 6.07) is 15.4. The standard InChI is InChI=1S/C36H48N4O6/c1-9-15-26(21-40(31(43)45-33(3,4)5)32(44)46-34(6,7)8)20-35(25(2)27-16-11-10-12-17-27)23-36(35,30(41)42)28-22-39(24-38-28)29-18-13-14-19-37-29/h10-14,16-19,22,24-26H,9,15,20-21,23H2,1-8H3,(H,41,42)/t25?,26-,35-,36+/m1/s1.